The van der Waals surface area contributed by atoms with Crippen molar-refractivity contribution in [2.75, 3.05) is 20.3 Å². The first-order valence-corrected chi connectivity index (χ1v) is 6.88. The van der Waals surface area contributed by atoms with Gasteiger partial charge in [0.15, 0.2) is 0 Å². The lowest BCUT2D eigenvalue weighted by Crippen LogP contribution is -2.34. The second-order valence-electron chi connectivity index (χ2n) is 4.30. The van der Waals surface area contributed by atoms with Gasteiger partial charge in [-0.2, -0.15) is 0 Å². The molecular weight excluding hydrogens is 317 g/mol. The number of nitrogens with zero attached hydrogens (tertiary/aromatic N) is 2. The highest BCUT2D eigenvalue weighted by Crippen LogP contribution is 2.23. The second kappa shape index (κ2) is 6.89. The molecule has 0 bridgehead atoms. The number of ether oxygens (including phenoxy) is 1. The maximum absolute atomic E-state index is 12.3. The summed E-state index contributed by atoms with van der Waals surface area (Å²) in [6.07, 6.45) is 1.29. The van der Waals surface area contributed by atoms with Crippen molar-refractivity contribution >= 4 is 40.0 Å². The molecule has 0 spiro atoms. The highest BCUT2D eigenvalue weighted by atomic mass is 35.5. The van der Waals surface area contributed by atoms with Crippen molar-refractivity contribution in [2.45, 2.75) is 6.54 Å². The molecule has 0 aliphatic heterocycles. The standard InChI is InChI=1S/C13H13Cl2N3O3/c1-21-3-2-16-11(19)6-18-7-17-12-9(13(18)20)4-8(14)5-10(12)15/h4-5,7H,2-3,6H2,1H3,(H,16,19). The number of nitrogens with one attached hydrogen (secondary N) is 1. The average molecular weight is 330 g/mol. The van der Waals surface area contributed by atoms with E-state index in [1.54, 1.807) is 0 Å². The van der Waals surface area contributed by atoms with Crippen LogP contribution in [0.15, 0.2) is 23.3 Å². The number of hydrogen-bond donors (Lipinski definition) is 1. The molecule has 0 saturated heterocycles. The summed E-state index contributed by atoms with van der Waals surface area (Å²) in [7, 11) is 1.54. The second-order valence-corrected chi connectivity index (χ2v) is 5.15. The zero-order valence-corrected chi connectivity index (χ0v) is 12.7. The molecule has 1 amide bonds. The maximum Gasteiger partial charge on any atom is 0.261 e. The lowest BCUT2D eigenvalue weighted by Gasteiger charge is -2.08. The van der Waals surface area contributed by atoms with Crippen LogP contribution in [0, 0.1) is 0 Å². The lowest BCUT2D eigenvalue weighted by molar-refractivity contribution is -0.121. The highest BCUT2D eigenvalue weighted by Gasteiger charge is 2.11. The van der Waals surface area contributed by atoms with E-state index < -0.39 is 0 Å². The molecule has 6 nitrogen and oxygen atoms in total. The van der Waals surface area contributed by atoms with Gasteiger partial charge in [-0.25, -0.2) is 4.98 Å². The molecule has 1 aromatic heterocycles. The molecule has 0 atom stereocenters. The number of benzene rings is 1. The van der Waals surface area contributed by atoms with Crippen LogP contribution in [0.25, 0.3) is 10.9 Å². The highest BCUT2D eigenvalue weighted by molar-refractivity contribution is 6.38. The molecule has 0 fully saturated rings. The Morgan fingerprint density at radius 3 is 2.90 bits per heavy atom. The minimum Gasteiger partial charge on any atom is -0.383 e. The van der Waals surface area contributed by atoms with E-state index in [1.165, 1.54) is 30.1 Å². The number of hydrogen-bond acceptors (Lipinski definition) is 4. The molecule has 0 saturated carbocycles. The molecule has 21 heavy (non-hydrogen) atoms. The van der Waals surface area contributed by atoms with Gasteiger partial charge in [0.05, 0.1) is 28.9 Å². The Morgan fingerprint density at radius 1 is 1.43 bits per heavy atom. The quantitative estimate of drug-likeness (QED) is 0.843. The molecule has 1 aromatic carbocycles. The Hall–Kier alpha value is -1.63. The van der Waals surface area contributed by atoms with Crippen LogP contribution in [0.4, 0.5) is 0 Å². The first-order chi connectivity index (χ1) is 10.0. The van der Waals surface area contributed by atoms with E-state index in [0.29, 0.717) is 28.7 Å². The summed E-state index contributed by atoms with van der Waals surface area (Å²) < 4.78 is 6.03. The average Bonchev–Trinajstić information content (AvgIpc) is 2.43. The van der Waals surface area contributed by atoms with Crippen LogP contribution in [0.5, 0.6) is 0 Å². The number of fused-ring (bicyclic) bond motifs is 1. The molecule has 1 heterocycles. The van der Waals surface area contributed by atoms with Crippen LogP contribution in [0.1, 0.15) is 0 Å². The Bertz CT molecular complexity index is 730. The van der Waals surface area contributed by atoms with Crippen molar-refractivity contribution < 1.29 is 9.53 Å². The van der Waals surface area contributed by atoms with Gasteiger partial charge in [-0.3, -0.25) is 14.2 Å². The van der Waals surface area contributed by atoms with Crippen molar-refractivity contribution in [1.82, 2.24) is 14.9 Å². The number of carbonyl (C=O) groups excluding carboxylic acids is 1. The first kappa shape index (κ1) is 15.8. The van der Waals surface area contributed by atoms with Gasteiger partial charge in [-0.05, 0) is 12.1 Å². The van der Waals surface area contributed by atoms with E-state index >= 15 is 0 Å². The normalized spacial score (nSPS) is 10.8. The smallest absolute Gasteiger partial charge is 0.261 e. The minimum atomic E-state index is -0.369. The summed E-state index contributed by atoms with van der Waals surface area (Å²) in [5.41, 5.74) is -0.00611. The third kappa shape index (κ3) is 3.72. The number of methoxy groups -OCH3 is 1. The molecular formula is C13H13Cl2N3O3. The number of amides is 1. The van der Waals surface area contributed by atoms with Crippen LogP contribution < -0.4 is 10.9 Å². The van der Waals surface area contributed by atoms with E-state index in [0.717, 1.165) is 0 Å². The SMILES string of the molecule is COCCNC(=O)Cn1cnc2c(Cl)cc(Cl)cc2c1=O. The van der Waals surface area contributed by atoms with Gasteiger partial charge in [-0.1, -0.05) is 23.2 Å². The predicted octanol–water partition coefficient (Wildman–Crippen LogP) is 1.47. The van der Waals surface area contributed by atoms with Crippen LogP contribution in [0.2, 0.25) is 10.0 Å². The van der Waals surface area contributed by atoms with Gasteiger partial charge in [0.1, 0.15) is 6.54 Å². The van der Waals surface area contributed by atoms with Crippen molar-refractivity contribution in [1.29, 1.82) is 0 Å². The van der Waals surface area contributed by atoms with E-state index in [-0.39, 0.29) is 23.4 Å². The Morgan fingerprint density at radius 2 is 2.19 bits per heavy atom. The van der Waals surface area contributed by atoms with E-state index in [2.05, 4.69) is 10.3 Å². The molecule has 2 rings (SSSR count). The molecule has 2 aromatic rings. The Labute approximate surface area is 130 Å². The van der Waals surface area contributed by atoms with Gasteiger partial charge in [-0.15, -0.1) is 0 Å². The Kier molecular flexibility index (Phi) is 5.17. The van der Waals surface area contributed by atoms with E-state index in [4.69, 9.17) is 27.9 Å². The summed E-state index contributed by atoms with van der Waals surface area (Å²) in [4.78, 5) is 28.1. The molecule has 8 heteroatoms. The first-order valence-electron chi connectivity index (χ1n) is 6.12. The fourth-order valence-corrected chi connectivity index (χ4v) is 2.35. The molecule has 0 unspecified atom stereocenters. The fourth-order valence-electron chi connectivity index (χ4n) is 1.81. The summed E-state index contributed by atoms with van der Waals surface area (Å²) >= 11 is 11.9. The van der Waals surface area contributed by atoms with Gasteiger partial charge in [0, 0.05) is 18.7 Å². The largest absolute Gasteiger partial charge is 0.383 e. The van der Waals surface area contributed by atoms with Crippen molar-refractivity contribution in [3.05, 3.63) is 38.9 Å². The van der Waals surface area contributed by atoms with Crippen LogP contribution in [0.3, 0.4) is 0 Å². The summed E-state index contributed by atoms with van der Waals surface area (Å²) in [5.74, 6) is -0.302. The number of rotatable bonds is 5. The van der Waals surface area contributed by atoms with Gasteiger partial charge < -0.3 is 10.1 Å². The van der Waals surface area contributed by atoms with Crippen molar-refractivity contribution in [2.24, 2.45) is 0 Å². The summed E-state index contributed by atoms with van der Waals surface area (Å²) in [5, 5.41) is 3.54. The molecule has 1 N–H and O–H groups in total. The fraction of sp³-hybridized carbons (Fsp3) is 0.308. The van der Waals surface area contributed by atoms with Crippen LogP contribution >= 0.6 is 23.2 Å². The zero-order valence-electron chi connectivity index (χ0n) is 11.2. The van der Waals surface area contributed by atoms with Crippen molar-refractivity contribution in [3.63, 3.8) is 0 Å². The van der Waals surface area contributed by atoms with Crippen LogP contribution in [-0.2, 0) is 16.1 Å². The van der Waals surface area contributed by atoms with E-state index in [1.807, 2.05) is 0 Å². The Balaban J connectivity index is 2.28. The van der Waals surface area contributed by atoms with Crippen LogP contribution in [-0.4, -0.2) is 35.7 Å². The summed E-state index contributed by atoms with van der Waals surface area (Å²) in [6, 6.07) is 3.00. The lowest BCUT2D eigenvalue weighted by atomic mass is 10.2. The molecule has 0 aliphatic rings. The van der Waals surface area contributed by atoms with Crippen molar-refractivity contribution in [3.8, 4) is 0 Å². The minimum absolute atomic E-state index is 0.129. The monoisotopic (exact) mass is 329 g/mol. The topological polar surface area (TPSA) is 73.2 Å². The van der Waals surface area contributed by atoms with Gasteiger partial charge >= 0.3 is 0 Å². The molecule has 112 valence electrons. The van der Waals surface area contributed by atoms with Gasteiger partial charge in [0.2, 0.25) is 5.91 Å². The maximum atomic E-state index is 12.3. The third-order valence-corrected chi connectivity index (χ3v) is 3.29. The number of aromatic nitrogens is 2. The van der Waals surface area contributed by atoms with Gasteiger partial charge in [0.25, 0.3) is 5.56 Å². The third-order valence-electron chi connectivity index (χ3n) is 2.79. The van der Waals surface area contributed by atoms with E-state index in [9.17, 15) is 9.59 Å². The number of carbonyl (C=O) groups is 1. The zero-order chi connectivity index (χ0) is 15.4. The molecule has 0 radical (unpaired) electrons. The molecule has 0 aliphatic carbocycles. The number of halogens is 2. The summed E-state index contributed by atoms with van der Waals surface area (Å²) in [6.45, 7) is 0.653. The predicted molar refractivity (Wildman–Crippen MR) is 80.9 cm³/mol.